The lowest BCUT2D eigenvalue weighted by Gasteiger charge is -2.42. The molecule has 5 aliphatic heterocycles. The molecule has 7 N–H and O–H groups in total. The van der Waals surface area contributed by atoms with Gasteiger partial charge in [-0.15, -0.1) is 0 Å². The van der Waals surface area contributed by atoms with Gasteiger partial charge in [-0.05, 0) is 138 Å². The molecule has 3 saturated heterocycles. The van der Waals surface area contributed by atoms with Gasteiger partial charge in [0.15, 0.2) is 11.4 Å². The number of aryl methyl sites for hydroxylation is 1. The minimum Gasteiger partial charge on any atom is -0.460 e. The number of amides is 4. The van der Waals surface area contributed by atoms with E-state index in [1.54, 1.807) is 65.4 Å². The summed E-state index contributed by atoms with van der Waals surface area (Å²) in [7, 11) is 6.09. The van der Waals surface area contributed by atoms with Crippen molar-refractivity contribution in [2.45, 2.75) is 232 Å². The number of rotatable bonds is 30. The van der Waals surface area contributed by atoms with Gasteiger partial charge >= 0.3 is 12.1 Å². The molecule has 37 heteroatoms. The van der Waals surface area contributed by atoms with E-state index in [4.69, 9.17) is 68.2 Å². The number of allylic oxidation sites excluding steroid dienone is 6. The normalized spacial score (nSPS) is 26.7. The minimum absolute atomic E-state index is 0.0118. The molecular weight excluding hydrogens is 1720 g/mol. The third-order valence-corrected chi connectivity index (χ3v) is 26.1. The molecule has 1 saturated carbocycles. The lowest BCUT2D eigenvalue weighted by atomic mass is 9.78. The predicted octanol–water partition coefficient (Wildman–Crippen LogP) is 9.36. The summed E-state index contributed by atoms with van der Waals surface area (Å²) in [4.78, 5) is 152. The van der Waals surface area contributed by atoms with Crippen molar-refractivity contribution >= 4 is 86.9 Å². The van der Waals surface area contributed by atoms with E-state index < -0.39 is 102 Å². The molecule has 6 aliphatic rings. The summed E-state index contributed by atoms with van der Waals surface area (Å²) < 4.78 is 59.9. The SMILES string of the molecule is CCCOCCOCCOCCOCCC(=O)NCCCCn1nc(-c2cnc3[nH]ccc3c2)c2c(N)ncnc21.CNC(=O)c1cnc(N2CCN(c3ncc4c(n3)CCN(C(=O)O[C@@H]3CC[C@@H](C[C@@H](C)[C@@H]5CC(=O)[C@H](C)/C=C(\C)[C@@H](O)[C@@H](OC)C(=O)[C@H](C)C[C@H](C)/C=C/C=C/C=C(\C)[C@@H](OC)C[C@@H]6CC[C@@H](C)[C@@](O)(O6)C(=O)C(=O)N6CCCC[C@H]6C(=O)O5)C[C@H]3OC)C4)CC2)nc1. The Morgan fingerprint density at radius 2 is 1.47 bits per heavy atom. The number of aliphatic hydroxyl groups excluding tert-OH is 1. The van der Waals surface area contributed by atoms with Gasteiger partial charge in [0.25, 0.3) is 17.6 Å². The van der Waals surface area contributed by atoms with Gasteiger partial charge < -0.3 is 98.5 Å². The van der Waals surface area contributed by atoms with Crippen LogP contribution in [0, 0.1) is 35.5 Å². The number of nitrogens with two attached hydrogens (primary N) is 1. The van der Waals surface area contributed by atoms with E-state index in [9.17, 15) is 48.6 Å². The number of esters is 1. The average molecular weight is 1860 g/mol. The molecule has 732 valence electrons. The maximum atomic E-state index is 14.8. The Morgan fingerprint density at radius 3 is 2.18 bits per heavy atom. The summed E-state index contributed by atoms with van der Waals surface area (Å²) in [6.07, 6.45) is 23.0. The number of ether oxygens (including phenoxy) is 10. The standard InChI is InChI=1S/C69H99N9O15.C28H40N8O5/c1-41-17-13-12-14-18-42(2)56(88-9)35-51-22-20-47(7)69(87,93-51)62(82)64(84)78-25-16-15-19-53(78)65(85)91-57(36-54(79)43(3)32-46(6)60(81)61(90-11)59(80)45(5)31-41)44(4)33-48-21-23-55(58(34-48)89-10)92-68(86)77-26-24-52-50(40-77)39-73-67(74-52)76-29-27-75(28-30-76)66-71-37-49(38-72-66)63(83)70-8;1-2-10-38-12-14-40-16-17-41-15-13-39-11-6-23(37)30-7-3-4-9-36-28-24(26(29)33-20-34-28)25(35-36)22-18-21-5-8-31-27(21)32-19-22/h12-14,17-18,32,37-39,41,43-45,47-48,51,53,55-58,60-61,81,87H,15-16,19-31,33-36,40H2,1-11H3,(H,70,83);5,8,18-20H,2-4,6-7,9-17H2,1H3,(H,30,37)(H,31,32)(H2,29,33,34)/b14-12+,17-13+,42-18+,46-32+;/t41-,43-,44-,45-,47-,48+,51+,53+,55-,56+,57+,58-,60-,61+,69-;/m1./s1. The number of piperazine rings is 1. The van der Waals surface area contributed by atoms with Gasteiger partial charge in [0.1, 0.15) is 59.7 Å². The van der Waals surface area contributed by atoms with Crippen molar-refractivity contribution in [3.63, 3.8) is 0 Å². The number of pyridine rings is 1. The fourth-order valence-corrected chi connectivity index (χ4v) is 18.1. The number of ketones is 3. The van der Waals surface area contributed by atoms with Gasteiger partial charge in [-0.25, -0.2) is 49.2 Å². The van der Waals surface area contributed by atoms with E-state index in [1.165, 1.54) is 30.7 Å². The number of hydrogen-bond donors (Lipinski definition) is 6. The second-order valence-electron chi connectivity index (χ2n) is 36.0. The number of aliphatic hydroxyl groups is 2. The number of piperidine rings is 1. The van der Waals surface area contributed by atoms with Crippen molar-refractivity contribution in [1.29, 1.82) is 0 Å². The van der Waals surface area contributed by atoms with Crippen LogP contribution in [0.3, 0.4) is 0 Å². The van der Waals surface area contributed by atoms with E-state index in [0.29, 0.717) is 215 Å². The van der Waals surface area contributed by atoms with Crippen LogP contribution < -0.4 is 26.2 Å². The second kappa shape index (κ2) is 51.5. The van der Waals surface area contributed by atoms with Crippen molar-refractivity contribution < 1.29 is 95.9 Å². The molecule has 12 rings (SSSR count). The van der Waals surface area contributed by atoms with Crippen LogP contribution >= 0.6 is 0 Å². The third kappa shape index (κ3) is 28.4. The number of unbranched alkanes of at least 4 members (excludes halogenated alkanes) is 1. The molecular formula is C97H139N17O20. The van der Waals surface area contributed by atoms with Crippen LogP contribution in [0.15, 0.2) is 97.0 Å². The van der Waals surface area contributed by atoms with Crippen LogP contribution in [0.1, 0.15) is 180 Å². The van der Waals surface area contributed by atoms with E-state index in [0.717, 1.165) is 59.3 Å². The Bertz CT molecular complexity index is 5000. The maximum Gasteiger partial charge on any atom is 0.410 e. The summed E-state index contributed by atoms with van der Waals surface area (Å²) in [5.74, 6) is -7.32. The number of nitrogens with zero attached hydrogens (tertiary/aromatic N) is 13. The molecule has 6 aromatic rings. The number of anilines is 3. The van der Waals surface area contributed by atoms with Crippen molar-refractivity contribution in [2.24, 2.45) is 35.5 Å². The number of cyclic esters (lactones) is 1. The number of fused-ring (bicyclic) bond motifs is 6. The van der Waals surface area contributed by atoms with Crippen molar-refractivity contribution in [3.8, 4) is 11.3 Å². The van der Waals surface area contributed by atoms with Crippen LogP contribution in [0.5, 0.6) is 0 Å². The fraction of sp³-hybridized carbons (Fsp3) is 0.629. The summed E-state index contributed by atoms with van der Waals surface area (Å²) in [5, 5.41) is 35.8. The topological polar surface area (TPSA) is 456 Å². The minimum atomic E-state index is -2.48. The number of methoxy groups -OCH3 is 3. The fourth-order valence-electron chi connectivity index (χ4n) is 18.1. The summed E-state index contributed by atoms with van der Waals surface area (Å²) in [6, 6.07) is 2.78. The van der Waals surface area contributed by atoms with Gasteiger partial charge in [0, 0.05) is 178 Å². The smallest absolute Gasteiger partial charge is 0.410 e. The highest BCUT2D eigenvalue weighted by atomic mass is 16.6. The Balaban J connectivity index is 0.000000349. The molecule has 134 heavy (non-hydrogen) atoms. The summed E-state index contributed by atoms with van der Waals surface area (Å²) >= 11 is 0. The first-order chi connectivity index (χ1) is 64.6. The van der Waals surface area contributed by atoms with Gasteiger partial charge in [-0.3, -0.25) is 28.8 Å². The number of H-pyrrole nitrogens is 1. The molecule has 4 fully saturated rings. The van der Waals surface area contributed by atoms with E-state index >= 15 is 0 Å². The number of carbonyl (C=O) groups is 8. The van der Waals surface area contributed by atoms with Crippen LogP contribution in [0.4, 0.5) is 22.5 Å². The molecule has 11 heterocycles. The number of hydrogen-bond acceptors (Lipinski definition) is 31. The van der Waals surface area contributed by atoms with Gasteiger partial charge in [-0.1, -0.05) is 78.0 Å². The van der Waals surface area contributed by atoms with Crippen LogP contribution in [-0.2, 0) is 95.6 Å². The van der Waals surface area contributed by atoms with Gasteiger partial charge in [-0.2, -0.15) is 5.10 Å². The molecule has 2 bridgehead atoms. The molecule has 0 radical (unpaired) electrons. The highest BCUT2D eigenvalue weighted by Crippen LogP contribution is 2.40. The zero-order valence-corrected chi connectivity index (χ0v) is 79.8. The van der Waals surface area contributed by atoms with Crippen LogP contribution in [0.25, 0.3) is 33.3 Å². The zero-order valence-electron chi connectivity index (χ0n) is 79.8. The van der Waals surface area contributed by atoms with Crippen LogP contribution in [0.2, 0.25) is 0 Å². The first-order valence-electron chi connectivity index (χ1n) is 47.4. The number of nitrogen functional groups attached to an aromatic ring is 1. The molecule has 1 aliphatic carbocycles. The number of Topliss-reactive ketones (excluding diaryl/α,β-unsaturated/α-hetero) is 3. The first kappa shape index (κ1) is 104. The van der Waals surface area contributed by atoms with E-state index in [1.807, 2.05) is 81.1 Å². The van der Waals surface area contributed by atoms with Crippen molar-refractivity contribution in [2.75, 3.05) is 143 Å². The van der Waals surface area contributed by atoms with Crippen LogP contribution in [-0.4, -0.2) is 298 Å². The molecule has 0 spiro atoms. The molecule has 0 aromatic carbocycles. The number of nitrogens with one attached hydrogen (secondary N) is 3. The lowest BCUT2D eigenvalue weighted by molar-refractivity contribution is -0.265. The summed E-state index contributed by atoms with van der Waals surface area (Å²) in [6.45, 7) is 23.4. The number of carbonyl (C=O) groups excluding carboxylic acids is 8. The van der Waals surface area contributed by atoms with E-state index in [-0.39, 0.29) is 61.1 Å². The monoisotopic (exact) mass is 1860 g/mol. The Hall–Kier alpha value is -10.5. The maximum absolute atomic E-state index is 14.8. The zero-order chi connectivity index (χ0) is 96.0. The average Bonchev–Trinajstić information content (AvgIpc) is 1.63. The predicted molar refractivity (Wildman–Crippen MR) is 501 cm³/mol. The molecule has 37 nitrogen and oxygen atoms in total. The molecule has 0 unspecified atom stereocenters. The van der Waals surface area contributed by atoms with Gasteiger partial charge in [0.05, 0.1) is 87.7 Å². The lowest BCUT2D eigenvalue weighted by Crippen LogP contribution is -2.61. The Kier molecular flexibility index (Phi) is 39.9. The number of aromatic amines is 1. The van der Waals surface area contributed by atoms with E-state index in [2.05, 4.69) is 57.3 Å². The highest BCUT2D eigenvalue weighted by molar-refractivity contribution is 6.39. The van der Waals surface area contributed by atoms with Gasteiger partial charge in [0.2, 0.25) is 23.6 Å². The summed E-state index contributed by atoms with van der Waals surface area (Å²) in [5.41, 5.74) is 12.6. The van der Waals surface area contributed by atoms with Crippen molar-refractivity contribution in [1.82, 2.24) is 70.1 Å². The second-order valence-corrected chi connectivity index (χ2v) is 36.0. The van der Waals surface area contributed by atoms with Crippen molar-refractivity contribution in [3.05, 3.63) is 114 Å². The Labute approximate surface area is 784 Å². The molecule has 6 aromatic heterocycles. The highest BCUT2D eigenvalue weighted by Gasteiger charge is 2.53. The molecule has 15 atom stereocenters. The number of aromatic nitrogens is 10. The first-order valence-corrected chi connectivity index (χ1v) is 47.4. The molecule has 4 amide bonds. The quantitative estimate of drug-likeness (QED) is 0.0106. The largest absolute Gasteiger partial charge is 0.460 e. The third-order valence-electron chi connectivity index (χ3n) is 26.1. The Morgan fingerprint density at radius 1 is 0.754 bits per heavy atom.